The average Bonchev–Trinajstić information content (AvgIpc) is 3.11. The van der Waals surface area contributed by atoms with E-state index < -0.39 is 0 Å². The Bertz CT molecular complexity index is 1220. The fraction of sp³-hybridized carbons (Fsp3) is 0.154. The first-order valence-electron chi connectivity index (χ1n) is 10.4. The maximum Gasteiger partial charge on any atom is 0.270 e. The quantitative estimate of drug-likeness (QED) is 0.263. The molecule has 1 heterocycles. The van der Waals surface area contributed by atoms with Gasteiger partial charge in [-0.05, 0) is 59.5 Å². The van der Waals surface area contributed by atoms with Crippen molar-refractivity contribution >= 4 is 57.6 Å². The topological polar surface area (TPSA) is 38.8 Å². The van der Waals surface area contributed by atoms with Crippen molar-refractivity contribution in [3.63, 3.8) is 0 Å². The molecule has 0 N–H and O–H groups in total. The number of thiocarbonyl (C=S) groups is 1. The van der Waals surface area contributed by atoms with E-state index in [0.29, 0.717) is 32.4 Å². The number of hydrogen-bond donors (Lipinski definition) is 0. The fourth-order valence-corrected chi connectivity index (χ4v) is 4.90. The summed E-state index contributed by atoms with van der Waals surface area (Å²) in [7, 11) is 1.59. The van der Waals surface area contributed by atoms with Gasteiger partial charge in [-0.15, -0.1) is 0 Å². The van der Waals surface area contributed by atoms with E-state index in [-0.39, 0.29) is 5.91 Å². The average molecular weight is 496 g/mol. The minimum Gasteiger partial charge on any atom is -0.493 e. The van der Waals surface area contributed by atoms with Gasteiger partial charge in [-0.25, -0.2) is 0 Å². The SMILES string of the molecule is CCc1ccccc1N1C(=O)C(=Cc2ccc(OCc3ccc(Cl)cc3)c(OC)c2)SC1=S. The molecule has 3 aromatic rings. The third-order valence-corrected chi connectivity index (χ3v) is 6.75. The molecule has 0 aromatic heterocycles. The zero-order valence-corrected chi connectivity index (χ0v) is 20.6. The Morgan fingerprint density at radius 2 is 1.82 bits per heavy atom. The molecule has 7 heteroatoms. The first-order chi connectivity index (χ1) is 16.0. The molecular formula is C26H22ClNO3S2. The molecule has 1 saturated heterocycles. The number of rotatable bonds is 7. The van der Waals surface area contributed by atoms with E-state index in [2.05, 4.69) is 6.92 Å². The van der Waals surface area contributed by atoms with Crippen molar-refractivity contribution in [1.82, 2.24) is 0 Å². The minimum atomic E-state index is -0.118. The van der Waals surface area contributed by atoms with Crippen molar-refractivity contribution in [2.45, 2.75) is 20.0 Å². The van der Waals surface area contributed by atoms with Crippen LogP contribution in [0, 0.1) is 0 Å². The van der Waals surface area contributed by atoms with Crippen LogP contribution in [-0.2, 0) is 17.8 Å². The van der Waals surface area contributed by atoms with E-state index in [9.17, 15) is 4.79 Å². The van der Waals surface area contributed by atoms with Crippen molar-refractivity contribution in [1.29, 1.82) is 0 Å². The van der Waals surface area contributed by atoms with Gasteiger partial charge in [-0.1, -0.05) is 78.9 Å². The van der Waals surface area contributed by atoms with Crippen LogP contribution < -0.4 is 14.4 Å². The van der Waals surface area contributed by atoms with Crippen LogP contribution >= 0.6 is 35.6 Å². The molecule has 0 atom stereocenters. The van der Waals surface area contributed by atoms with Gasteiger partial charge < -0.3 is 9.47 Å². The van der Waals surface area contributed by atoms with Crippen molar-refractivity contribution in [2.75, 3.05) is 12.0 Å². The molecule has 168 valence electrons. The number of halogens is 1. The Morgan fingerprint density at radius 3 is 2.55 bits per heavy atom. The fourth-order valence-electron chi connectivity index (χ4n) is 3.49. The van der Waals surface area contributed by atoms with Crippen molar-refractivity contribution < 1.29 is 14.3 Å². The molecule has 0 unspecified atom stereocenters. The highest BCUT2D eigenvalue weighted by Gasteiger charge is 2.34. The highest BCUT2D eigenvalue weighted by molar-refractivity contribution is 8.27. The molecule has 1 aliphatic rings. The monoisotopic (exact) mass is 495 g/mol. The molecule has 1 fully saturated rings. The molecule has 0 bridgehead atoms. The van der Waals surface area contributed by atoms with Crippen LogP contribution in [0.15, 0.2) is 71.6 Å². The number of aryl methyl sites for hydroxylation is 1. The lowest BCUT2D eigenvalue weighted by Crippen LogP contribution is -2.28. The van der Waals surface area contributed by atoms with Gasteiger partial charge in [0.25, 0.3) is 5.91 Å². The van der Waals surface area contributed by atoms with Crippen molar-refractivity contribution in [3.05, 3.63) is 93.3 Å². The van der Waals surface area contributed by atoms with E-state index in [1.165, 1.54) is 11.8 Å². The van der Waals surface area contributed by atoms with E-state index in [4.69, 9.17) is 33.3 Å². The summed E-state index contributed by atoms with van der Waals surface area (Å²) in [5, 5.41) is 0.685. The first kappa shape index (κ1) is 23.4. The van der Waals surface area contributed by atoms with Gasteiger partial charge >= 0.3 is 0 Å². The molecule has 0 radical (unpaired) electrons. The molecule has 0 saturated carbocycles. The predicted molar refractivity (Wildman–Crippen MR) is 140 cm³/mol. The molecule has 33 heavy (non-hydrogen) atoms. The summed E-state index contributed by atoms with van der Waals surface area (Å²) >= 11 is 12.8. The Hall–Kier alpha value is -2.80. The summed E-state index contributed by atoms with van der Waals surface area (Å²) in [6.45, 7) is 2.46. The van der Waals surface area contributed by atoms with Gasteiger partial charge in [0, 0.05) is 5.02 Å². The van der Waals surface area contributed by atoms with Crippen molar-refractivity contribution in [3.8, 4) is 11.5 Å². The number of benzene rings is 3. The summed E-state index contributed by atoms with van der Waals surface area (Å²) in [4.78, 5) is 15.4. The van der Waals surface area contributed by atoms with Crippen LogP contribution in [0.1, 0.15) is 23.6 Å². The third-order valence-electron chi connectivity index (χ3n) is 5.20. The second-order valence-electron chi connectivity index (χ2n) is 7.32. The largest absolute Gasteiger partial charge is 0.493 e. The number of ether oxygens (including phenoxy) is 2. The number of carbonyl (C=O) groups is 1. The van der Waals surface area contributed by atoms with Crippen LogP contribution in [0.2, 0.25) is 5.02 Å². The Kier molecular flexibility index (Phi) is 7.38. The number of para-hydroxylation sites is 1. The Balaban J connectivity index is 1.54. The summed E-state index contributed by atoms with van der Waals surface area (Å²) in [5.41, 5.74) is 3.75. The van der Waals surface area contributed by atoms with Crippen molar-refractivity contribution in [2.24, 2.45) is 0 Å². The molecule has 3 aromatic carbocycles. The van der Waals surface area contributed by atoms with Crippen LogP contribution in [0.25, 0.3) is 6.08 Å². The lowest BCUT2D eigenvalue weighted by atomic mass is 10.1. The second kappa shape index (κ2) is 10.4. The van der Waals surface area contributed by atoms with Crippen LogP contribution in [0.4, 0.5) is 5.69 Å². The number of carbonyl (C=O) groups excluding carboxylic acids is 1. The lowest BCUT2D eigenvalue weighted by molar-refractivity contribution is -0.113. The summed E-state index contributed by atoms with van der Waals surface area (Å²) < 4.78 is 12.0. The smallest absolute Gasteiger partial charge is 0.270 e. The third kappa shape index (κ3) is 5.24. The number of amides is 1. The molecule has 0 spiro atoms. The predicted octanol–water partition coefficient (Wildman–Crippen LogP) is 6.90. The molecule has 4 nitrogen and oxygen atoms in total. The zero-order chi connectivity index (χ0) is 23.4. The summed E-state index contributed by atoms with van der Waals surface area (Å²) in [5.74, 6) is 1.09. The normalized spacial score (nSPS) is 14.8. The van der Waals surface area contributed by atoms with Gasteiger partial charge in [-0.3, -0.25) is 9.69 Å². The number of hydrogen-bond acceptors (Lipinski definition) is 5. The van der Waals surface area contributed by atoms with Crippen LogP contribution in [-0.4, -0.2) is 17.3 Å². The van der Waals surface area contributed by atoms with Crippen LogP contribution in [0.3, 0.4) is 0 Å². The standard InChI is InChI=1S/C26H22ClNO3S2/c1-3-19-6-4-5-7-21(19)28-25(29)24(33-26(28)32)15-18-10-13-22(23(14-18)30-2)31-16-17-8-11-20(27)12-9-17/h4-15H,3,16H2,1-2H3. The van der Waals surface area contributed by atoms with Gasteiger partial charge in [0.15, 0.2) is 15.8 Å². The maximum absolute atomic E-state index is 13.2. The molecule has 1 amide bonds. The maximum atomic E-state index is 13.2. The number of anilines is 1. The van der Waals surface area contributed by atoms with Gasteiger partial charge in [0.2, 0.25) is 0 Å². The summed E-state index contributed by atoms with van der Waals surface area (Å²) in [6, 6.07) is 20.9. The molecule has 4 rings (SSSR count). The van der Waals surface area contributed by atoms with E-state index in [1.54, 1.807) is 12.0 Å². The van der Waals surface area contributed by atoms with E-state index in [1.807, 2.05) is 72.8 Å². The minimum absolute atomic E-state index is 0.118. The highest BCUT2D eigenvalue weighted by atomic mass is 35.5. The lowest BCUT2D eigenvalue weighted by Gasteiger charge is -2.18. The number of thioether (sulfide) groups is 1. The zero-order valence-electron chi connectivity index (χ0n) is 18.2. The van der Waals surface area contributed by atoms with Gasteiger partial charge in [-0.2, -0.15) is 0 Å². The molecule has 0 aliphatic carbocycles. The van der Waals surface area contributed by atoms with E-state index in [0.717, 1.165) is 28.8 Å². The molecular weight excluding hydrogens is 474 g/mol. The second-order valence-corrected chi connectivity index (χ2v) is 9.44. The summed E-state index contributed by atoms with van der Waals surface area (Å²) in [6.07, 6.45) is 2.65. The number of nitrogens with zero attached hydrogens (tertiary/aromatic N) is 1. The van der Waals surface area contributed by atoms with Gasteiger partial charge in [0.05, 0.1) is 17.7 Å². The highest BCUT2D eigenvalue weighted by Crippen LogP contribution is 2.38. The Morgan fingerprint density at radius 1 is 1.06 bits per heavy atom. The Labute approximate surface area is 208 Å². The number of methoxy groups -OCH3 is 1. The molecule has 1 aliphatic heterocycles. The van der Waals surface area contributed by atoms with Crippen LogP contribution in [0.5, 0.6) is 11.5 Å². The van der Waals surface area contributed by atoms with E-state index >= 15 is 0 Å². The first-order valence-corrected chi connectivity index (χ1v) is 12.0. The van der Waals surface area contributed by atoms with Gasteiger partial charge in [0.1, 0.15) is 6.61 Å².